The van der Waals surface area contributed by atoms with E-state index in [-0.39, 0.29) is 17.7 Å². The number of carboxylic acids is 1. The molecule has 5 nitrogen and oxygen atoms in total. The number of carbonyl (C=O) groups is 2. The first-order valence-electron chi connectivity index (χ1n) is 5.96. The molecule has 0 bridgehead atoms. The maximum Gasteiger partial charge on any atom is 0.305 e. The van der Waals surface area contributed by atoms with Crippen molar-refractivity contribution in [2.45, 2.75) is 59.0 Å². The van der Waals surface area contributed by atoms with Gasteiger partial charge in [0.15, 0.2) is 0 Å². The van der Waals surface area contributed by atoms with Crippen LogP contribution in [0.2, 0.25) is 0 Å². The molecule has 0 radical (unpaired) electrons. The third-order valence-corrected chi connectivity index (χ3v) is 2.68. The molecule has 0 rings (SSSR count). The minimum Gasteiger partial charge on any atom is -0.481 e. The largest absolute Gasteiger partial charge is 0.481 e. The van der Waals surface area contributed by atoms with Gasteiger partial charge in [0.1, 0.15) is 0 Å². The van der Waals surface area contributed by atoms with Crippen LogP contribution in [0.25, 0.3) is 0 Å². The Bertz CT molecular complexity index is 271. The number of hydrogen-bond acceptors (Lipinski definition) is 3. The Labute approximate surface area is 103 Å². The Morgan fingerprint density at radius 2 is 1.88 bits per heavy atom. The van der Waals surface area contributed by atoms with Gasteiger partial charge >= 0.3 is 5.97 Å². The molecular weight excluding hydrogens is 220 g/mol. The monoisotopic (exact) mass is 244 g/mol. The van der Waals surface area contributed by atoms with Gasteiger partial charge < -0.3 is 16.2 Å². The molecule has 0 spiro atoms. The highest BCUT2D eigenvalue weighted by Gasteiger charge is 2.29. The van der Waals surface area contributed by atoms with Crippen LogP contribution in [-0.4, -0.2) is 29.1 Å². The second-order valence-electron chi connectivity index (χ2n) is 5.42. The van der Waals surface area contributed by atoms with Gasteiger partial charge in [-0.25, -0.2) is 0 Å². The molecule has 5 heteroatoms. The van der Waals surface area contributed by atoms with Gasteiger partial charge in [-0.3, -0.25) is 9.59 Å². The lowest BCUT2D eigenvalue weighted by Gasteiger charge is -2.31. The second kappa shape index (κ2) is 6.59. The first-order chi connectivity index (χ1) is 7.68. The molecule has 0 aliphatic rings. The van der Waals surface area contributed by atoms with Crippen LogP contribution < -0.4 is 11.1 Å². The molecule has 2 atom stereocenters. The molecule has 4 N–H and O–H groups in total. The minimum atomic E-state index is -0.922. The van der Waals surface area contributed by atoms with Gasteiger partial charge in [-0.15, -0.1) is 0 Å². The molecule has 0 fully saturated rings. The van der Waals surface area contributed by atoms with Crippen LogP contribution in [0.1, 0.15) is 47.0 Å². The summed E-state index contributed by atoms with van der Waals surface area (Å²) in [4.78, 5) is 22.5. The summed E-state index contributed by atoms with van der Waals surface area (Å²) in [7, 11) is 0. The van der Waals surface area contributed by atoms with Crippen LogP contribution in [-0.2, 0) is 9.59 Å². The molecule has 0 saturated carbocycles. The second-order valence-corrected chi connectivity index (χ2v) is 5.42. The number of aliphatic carboxylic acids is 1. The topological polar surface area (TPSA) is 92.4 Å². The van der Waals surface area contributed by atoms with E-state index in [0.717, 1.165) is 6.42 Å². The Balaban J connectivity index is 4.54. The summed E-state index contributed by atoms with van der Waals surface area (Å²) in [5, 5.41) is 11.5. The zero-order chi connectivity index (χ0) is 13.6. The van der Waals surface area contributed by atoms with E-state index in [1.54, 1.807) is 0 Å². The fraction of sp³-hybridized carbons (Fsp3) is 0.833. The third-order valence-electron chi connectivity index (χ3n) is 2.68. The first-order valence-corrected chi connectivity index (χ1v) is 5.96. The molecule has 0 aromatic carbocycles. The van der Waals surface area contributed by atoms with Crippen LogP contribution in [0, 0.1) is 5.41 Å². The average molecular weight is 244 g/mol. The van der Waals surface area contributed by atoms with Gasteiger partial charge in [0.25, 0.3) is 0 Å². The maximum atomic E-state index is 11.7. The highest BCUT2D eigenvalue weighted by atomic mass is 16.4. The predicted octanol–water partition coefficient (Wildman–Crippen LogP) is 1.12. The van der Waals surface area contributed by atoms with Crippen molar-refractivity contribution in [3.8, 4) is 0 Å². The van der Waals surface area contributed by atoms with Crippen molar-refractivity contribution in [3.63, 3.8) is 0 Å². The van der Waals surface area contributed by atoms with Crippen LogP contribution in [0.3, 0.4) is 0 Å². The quantitative estimate of drug-likeness (QED) is 0.652. The Morgan fingerprint density at radius 1 is 1.35 bits per heavy atom. The van der Waals surface area contributed by atoms with Crippen molar-refractivity contribution in [1.82, 2.24) is 5.32 Å². The third kappa shape index (κ3) is 6.26. The molecule has 1 unspecified atom stereocenters. The Morgan fingerprint density at radius 3 is 2.24 bits per heavy atom. The van der Waals surface area contributed by atoms with Gasteiger partial charge in [-0.1, -0.05) is 34.1 Å². The van der Waals surface area contributed by atoms with Crippen molar-refractivity contribution < 1.29 is 14.7 Å². The Hall–Kier alpha value is -1.10. The summed E-state index contributed by atoms with van der Waals surface area (Å²) in [5.41, 5.74) is 5.39. The van der Waals surface area contributed by atoms with Crippen molar-refractivity contribution in [2.75, 3.05) is 0 Å². The maximum absolute atomic E-state index is 11.7. The van der Waals surface area contributed by atoms with Crippen molar-refractivity contribution in [3.05, 3.63) is 0 Å². The zero-order valence-corrected chi connectivity index (χ0v) is 11.1. The first kappa shape index (κ1) is 15.9. The summed E-state index contributed by atoms with van der Waals surface area (Å²) >= 11 is 0. The van der Waals surface area contributed by atoms with Crippen molar-refractivity contribution >= 4 is 11.9 Å². The summed E-state index contributed by atoms with van der Waals surface area (Å²) in [6.07, 6.45) is 1.34. The van der Waals surface area contributed by atoms with Gasteiger partial charge in [0.2, 0.25) is 5.91 Å². The standard InChI is InChI=1S/C12H24N2O3/c1-5-6-8(13)11(17)14-9(7-10(15)16)12(2,3)4/h8-9H,5-7,13H2,1-4H3,(H,14,17)(H,15,16)/t8-,9?/m1/s1. The lowest BCUT2D eigenvalue weighted by Crippen LogP contribution is -2.50. The molecule has 0 heterocycles. The van der Waals surface area contributed by atoms with Gasteiger partial charge in [-0.05, 0) is 11.8 Å². The average Bonchev–Trinajstić information content (AvgIpc) is 2.14. The number of carbonyl (C=O) groups excluding carboxylic acids is 1. The highest BCUT2D eigenvalue weighted by Crippen LogP contribution is 2.22. The fourth-order valence-corrected chi connectivity index (χ4v) is 1.47. The summed E-state index contributed by atoms with van der Waals surface area (Å²) in [5.74, 6) is -1.19. The number of carboxylic acid groups (broad SMARTS) is 1. The molecule has 1 amide bonds. The number of hydrogen-bond donors (Lipinski definition) is 3. The van der Waals surface area contributed by atoms with Crippen LogP contribution >= 0.6 is 0 Å². The number of amides is 1. The molecule has 100 valence electrons. The van der Waals surface area contributed by atoms with Crippen LogP contribution in [0.4, 0.5) is 0 Å². The molecule has 17 heavy (non-hydrogen) atoms. The number of nitrogens with two attached hydrogens (primary N) is 1. The van der Waals surface area contributed by atoms with Crippen molar-refractivity contribution in [2.24, 2.45) is 11.1 Å². The van der Waals surface area contributed by atoms with E-state index in [1.165, 1.54) is 0 Å². The number of nitrogens with one attached hydrogen (secondary N) is 1. The Kier molecular flexibility index (Phi) is 6.16. The van der Waals surface area contributed by atoms with Gasteiger partial charge in [0, 0.05) is 6.04 Å². The zero-order valence-electron chi connectivity index (χ0n) is 11.1. The molecule has 0 aromatic heterocycles. The van der Waals surface area contributed by atoms with E-state index >= 15 is 0 Å². The fourth-order valence-electron chi connectivity index (χ4n) is 1.47. The van der Waals surface area contributed by atoms with Gasteiger partial charge in [-0.2, -0.15) is 0 Å². The van der Waals surface area contributed by atoms with E-state index in [1.807, 2.05) is 27.7 Å². The number of rotatable bonds is 6. The lowest BCUT2D eigenvalue weighted by molar-refractivity contribution is -0.138. The smallest absolute Gasteiger partial charge is 0.305 e. The summed E-state index contributed by atoms with van der Waals surface area (Å²) in [6.45, 7) is 7.64. The molecule has 0 saturated heterocycles. The molecule has 0 aliphatic carbocycles. The van der Waals surface area contributed by atoms with Gasteiger partial charge in [0.05, 0.1) is 12.5 Å². The van der Waals surface area contributed by atoms with E-state index in [9.17, 15) is 9.59 Å². The van der Waals surface area contributed by atoms with E-state index in [4.69, 9.17) is 10.8 Å². The van der Waals surface area contributed by atoms with Crippen LogP contribution in [0.15, 0.2) is 0 Å². The summed E-state index contributed by atoms with van der Waals surface area (Å²) < 4.78 is 0. The van der Waals surface area contributed by atoms with Crippen molar-refractivity contribution in [1.29, 1.82) is 0 Å². The normalized spacial score (nSPS) is 15.1. The minimum absolute atomic E-state index is 0.0892. The molecule has 0 aliphatic heterocycles. The predicted molar refractivity (Wildman–Crippen MR) is 66.5 cm³/mol. The van der Waals surface area contributed by atoms with Crippen LogP contribution in [0.5, 0.6) is 0 Å². The summed E-state index contributed by atoms with van der Waals surface area (Å²) in [6, 6.07) is -0.964. The van der Waals surface area contributed by atoms with E-state index in [0.29, 0.717) is 6.42 Å². The lowest BCUT2D eigenvalue weighted by atomic mass is 9.84. The van der Waals surface area contributed by atoms with E-state index < -0.39 is 18.1 Å². The van der Waals surface area contributed by atoms with E-state index in [2.05, 4.69) is 5.32 Å². The molecular formula is C12H24N2O3. The molecule has 0 aromatic rings. The highest BCUT2D eigenvalue weighted by molar-refractivity contribution is 5.82. The SMILES string of the molecule is CCC[C@@H](N)C(=O)NC(CC(=O)O)C(C)(C)C.